The van der Waals surface area contributed by atoms with E-state index in [0.29, 0.717) is 13.0 Å². The Kier molecular flexibility index (Phi) is 3.84. The molecular formula is C16H20N2O. The number of fused-ring (bicyclic) bond motifs is 1. The number of carbonyl (C=O) groups excluding carboxylic acids is 1. The zero-order valence-electron chi connectivity index (χ0n) is 11.7. The number of amides is 1. The van der Waals surface area contributed by atoms with Crippen molar-refractivity contribution < 1.29 is 4.79 Å². The van der Waals surface area contributed by atoms with Crippen LogP contribution in [0.5, 0.6) is 0 Å². The molecule has 0 radical (unpaired) electrons. The smallest absolute Gasteiger partial charge is 0.220 e. The Morgan fingerprint density at radius 1 is 1.21 bits per heavy atom. The van der Waals surface area contributed by atoms with Gasteiger partial charge in [-0.1, -0.05) is 39.0 Å². The number of rotatable bonds is 3. The standard InChI is InChI=1S/C16H20N2O/c1-16(2,3)10-15(19)18-11-12-8-9-17-14-7-5-4-6-13(12)14/h4-9H,10-11H2,1-3H3,(H,18,19). The molecule has 1 amide bonds. The summed E-state index contributed by atoms with van der Waals surface area (Å²) in [5, 5.41) is 4.08. The van der Waals surface area contributed by atoms with E-state index in [1.54, 1.807) is 6.20 Å². The fourth-order valence-corrected chi connectivity index (χ4v) is 2.05. The van der Waals surface area contributed by atoms with Gasteiger partial charge < -0.3 is 5.32 Å². The number of nitrogens with one attached hydrogen (secondary N) is 1. The molecule has 3 heteroatoms. The van der Waals surface area contributed by atoms with Gasteiger partial charge in [0.25, 0.3) is 0 Å². The Morgan fingerprint density at radius 3 is 2.68 bits per heavy atom. The first kappa shape index (κ1) is 13.5. The highest BCUT2D eigenvalue weighted by atomic mass is 16.1. The number of carbonyl (C=O) groups is 1. The Balaban J connectivity index is 2.08. The van der Waals surface area contributed by atoms with Gasteiger partial charge in [0.2, 0.25) is 5.91 Å². The fourth-order valence-electron chi connectivity index (χ4n) is 2.05. The second kappa shape index (κ2) is 5.39. The van der Waals surface area contributed by atoms with Gasteiger partial charge in [0, 0.05) is 24.5 Å². The number of hydrogen-bond acceptors (Lipinski definition) is 2. The quantitative estimate of drug-likeness (QED) is 0.915. The molecule has 3 nitrogen and oxygen atoms in total. The average Bonchev–Trinajstić information content (AvgIpc) is 2.34. The molecule has 100 valence electrons. The first-order valence-electron chi connectivity index (χ1n) is 6.55. The molecule has 2 rings (SSSR count). The Morgan fingerprint density at radius 2 is 1.95 bits per heavy atom. The predicted octanol–water partition coefficient (Wildman–Crippen LogP) is 3.29. The summed E-state index contributed by atoms with van der Waals surface area (Å²) in [7, 11) is 0. The zero-order valence-corrected chi connectivity index (χ0v) is 11.7. The summed E-state index contributed by atoms with van der Waals surface area (Å²) in [6, 6.07) is 9.94. The topological polar surface area (TPSA) is 42.0 Å². The van der Waals surface area contributed by atoms with Gasteiger partial charge in [0.05, 0.1) is 5.52 Å². The van der Waals surface area contributed by atoms with Crippen molar-refractivity contribution in [3.8, 4) is 0 Å². The minimum atomic E-state index is 0.0182. The van der Waals surface area contributed by atoms with E-state index in [4.69, 9.17) is 0 Å². The third-order valence-electron chi connectivity index (χ3n) is 2.91. The van der Waals surface area contributed by atoms with Crippen LogP contribution < -0.4 is 5.32 Å². The molecule has 19 heavy (non-hydrogen) atoms. The number of pyridine rings is 1. The lowest BCUT2D eigenvalue weighted by molar-refractivity contribution is -0.122. The molecule has 1 aromatic heterocycles. The summed E-state index contributed by atoms with van der Waals surface area (Å²) in [5.74, 6) is 0.0911. The van der Waals surface area contributed by atoms with Crippen molar-refractivity contribution in [2.75, 3.05) is 0 Å². The monoisotopic (exact) mass is 256 g/mol. The van der Waals surface area contributed by atoms with Crippen molar-refractivity contribution in [3.05, 3.63) is 42.1 Å². The molecule has 0 saturated carbocycles. The first-order chi connectivity index (χ1) is 8.96. The summed E-state index contributed by atoms with van der Waals surface area (Å²) in [4.78, 5) is 16.2. The van der Waals surface area contributed by atoms with Crippen LogP contribution in [0.2, 0.25) is 0 Å². The van der Waals surface area contributed by atoms with Crippen LogP contribution >= 0.6 is 0 Å². The minimum Gasteiger partial charge on any atom is -0.352 e. The normalized spacial score (nSPS) is 11.5. The molecule has 0 aliphatic heterocycles. The number of benzene rings is 1. The molecular weight excluding hydrogens is 236 g/mol. The predicted molar refractivity (Wildman–Crippen MR) is 77.7 cm³/mol. The maximum absolute atomic E-state index is 11.8. The molecule has 1 heterocycles. The zero-order chi connectivity index (χ0) is 13.9. The molecule has 0 saturated heterocycles. The van der Waals surface area contributed by atoms with Crippen LogP contribution in [0, 0.1) is 5.41 Å². The molecule has 0 unspecified atom stereocenters. The van der Waals surface area contributed by atoms with Gasteiger partial charge in [0.1, 0.15) is 0 Å². The van der Waals surface area contributed by atoms with Gasteiger partial charge in [-0.3, -0.25) is 9.78 Å². The third kappa shape index (κ3) is 3.78. The van der Waals surface area contributed by atoms with Crippen molar-refractivity contribution in [3.63, 3.8) is 0 Å². The number of hydrogen-bond donors (Lipinski definition) is 1. The lowest BCUT2D eigenvalue weighted by Crippen LogP contribution is -2.27. The third-order valence-corrected chi connectivity index (χ3v) is 2.91. The highest BCUT2D eigenvalue weighted by Gasteiger charge is 2.15. The summed E-state index contributed by atoms with van der Waals surface area (Å²) < 4.78 is 0. The Hall–Kier alpha value is -1.90. The number of para-hydroxylation sites is 1. The largest absolute Gasteiger partial charge is 0.352 e. The van der Waals surface area contributed by atoms with Gasteiger partial charge in [-0.25, -0.2) is 0 Å². The highest BCUT2D eigenvalue weighted by Crippen LogP contribution is 2.19. The second-order valence-electron chi connectivity index (χ2n) is 6.00. The average molecular weight is 256 g/mol. The molecule has 1 N–H and O–H groups in total. The molecule has 0 bridgehead atoms. The molecule has 0 aliphatic carbocycles. The molecule has 2 aromatic rings. The van der Waals surface area contributed by atoms with E-state index in [1.165, 1.54) is 0 Å². The van der Waals surface area contributed by atoms with Gasteiger partial charge in [-0.2, -0.15) is 0 Å². The van der Waals surface area contributed by atoms with Gasteiger partial charge in [-0.15, -0.1) is 0 Å². The van der Waals surface area contributed by atoms with E-state index < -0.39 is 0 Å². The van der Waals surface area contributed by atoms with E-state index in [-0.39, 0.29) is 11.3 Å². The van der Waals surface area contributed by atoms with E-state index in [2.05, 4.69) is 31.1 Å². The van der Waals surface area contributed by atoms with E-state index in [9.17, 15) is 4.79 Å². The van der Waals surface area contributed by atoms with Crippen molar-refractivity contribution in [2.24, 2.45) is 5.41 Å². The fraction of sp³-hybridized carbons (Fsp3) is 0.375. The highest BCUT2D eigenvalue weighted by molar-refractivity contribution is 5.83. The molecule has 0 aliphatic rings. The van der Waals surface area contributed by atoms with Crippen molar-refractivity contribution >= 4 is 16.8 Å². The maximum Gasteiger partial charge on any atom is 0.220 e. The van der Waals surface area contributed by atoms with Crippen LogP contribution in [0.25, 0.3) is 10.9 Å². The van der Waals surface area contributed by atoms with Crippen LogP contribution in [0.4, 0.5) is 0 Å². The Bertz CT molecular complexity index is 579. The molecule has 0 atom stereocenters. The lowest BCUT2D eigenvalue weighted by atomic mass is 9.92. The number of aromatic nitrogens is 1. The number of nitrogens with zero attached hydrogens (tertiary/aromatic N) is 1. The Labute approximate surface area is 114 Å². The van der Waals surface area contributed by atoms with Crippen LogP contribution in [0.3, 0.4) is 0 Å². The van der Waals surface area contributed by atoms with E-state index in [0.717, 1.165) is 16.5 Å². The molecule has 1 aromatic carbocycles. The van der Waals surface area contributed by atoms with E-state index in [1.807, 2.05) is 30.3 Å². The van der Waals surface area contributed by atoms with Gasteiger partial charge in [0.15, 0.2) is 0 Å². The van der Waals surface area contributed by atoms with Crippen LogP contribution in [-0.4, -0.2) is 10.9 Å². The van der Waals surface area contributed by atoms with E-state index >= 15 is 0 Å². The minimum absolute atomic E-state index is 0.0182. The van der Waals surface area contributed by atoms with Crippen molar-refractivity contribution in [1.29, 1.82) is 0 Å². The summed E-state index contributed by atoms with van der Waals surface area (Å²) in [6.45, 7) is 6.75. The molecule has 0 spiro atoms. The summed E-state index contributed by atoms with van der Waals surface area (Å²) in [6.07, 6.45) is 2.32. The van der Waals surface area contributed by atoms with Gasteiger partial charge >= 0.3 is 0 Å². The SMILES string of the molecule is CC(C)(C)CC(=O)NCc1ccnc2ccccc12. The van der Waals surface area contributed by atoms with Crippen LogP contribution in [0.1, 0.15) is 32.8 Å². The van der Waals surface area contributed by atoms with Crippen molar-refractivity contribution in [2.45, 2.75) is 33.7 Å². The molecule has 0 fully saturated rings. The van der Waals surface area contributed by atoms with Crippen LogP contribution in [-0.2, 0) is 11.3 Å². The maximum atomic E-state index is 11.8. The lowest BCUT2D eigenvalue weighted by Gasteiger charge is -2.17. The second-order valence-corrected chi connectivity index (χ2v) is 6.00. The first-order valence-corrected chi connectivity index (χ1v) is 6.55. The summed E-state index contributed by atoms with van der Waals surface area (Å²) >= 11 is 0. The van der Waals surface area contributed by atoms with Gasteiger partial charge in [-0.05, 0) is 23.1 Å². The summed E-state index contributed by atoms with van der Waals surface area (Å²) in [5.41, 5.74) is 2.09. The van der Waals surface area contributed by atoms with Crippen molar-refractivity contribution in [1.82, 2.24) is 10.3 Å². The van der Waals surface area contributed by atoms with Crippen LogP contribution in [0.15, 0.2) is 36.5 Å².